The molecule has 1 unspecified atom stereocenters. The fraction of sp³-hybridized carbons (Fsp3) is 0.333. The second-order valence-electron chi connectivity index (χ2n) is 4.65. The van der Waals surface area contributed by atoms with Gasteiger partial charge in [0, 0.05) is 24.4 Å². The van der Waals surface area contributed by atoms with E-state index >= 15 is 0 Å². The minimum absolute atomic E-state index is 0.0355. The third-order valence-corrected chi connectivity index (χ3v) is 3.31. The van der Waals surface area contributed by atoms with Gasteiger partial charge in [-0.25, -0.2) is 9.97 Å². The van der Waals surface area contributed by atoms with E-state index in [0.717, 1.165) is 29.0 Å². The van der Waals surface area contributed by atoms with Gasteiger partial charge in [-0.05, 0) is 24.7 Å². The van der Waals surface area contributed by atoms with Crippen molar-refractivity contribution >= 4 is 0 Å². The quantitative estimate of drug-likeness (QED) is 0.924. The highest BCUT2D eigenvalue weighted by atomic mass is 16.5. The number of benzene rings is 1. The average molecular weight is 271 g/mol. The highest BCUT2D eigenvalue weighted by molar-refractivity contribution is 5.45. The zero-order valence-electron chi connectivity index (χ0n) is 11.4. The molecule has 0 spiro atoms. The Bertz CT molecular complexity index is 575. The predicted octanol–water partition coefficient (Wildman–Crippen LogP) is 1.95. The average Bonchev–Trinajstić information content (AvgIpc) is 2.74. The van der Waals surface area contributed by atoms with Gasteiger partial charge in [-0.15, -0.1) is 0 Å². The van der Waals surface area contributed by atoms with Crippen LogP contribution in [0, 0.1) is 0 Å². The molecule has 0 radical (unpaired) electrons. The van der Waals surface area contributed by atoms with Crippen LogP contribution in [-0.2, 0) is 0 Å². The zero-order chi connectivity index (χ0) is 13.8. The van der Waals surface area contributed by atoms with Gasteiger partial charge < -0.3 is 14.8 Å². The van der Waals surface area contributed by atoms with Crippen LogP contribution in [0.5, 0.6) is 11.5 Å². The Morgan fingerprint density at radius 1 is 1.05 bits per heavy atom. The van der Waals surface area contributed by atoms with Crippen molar-refractivity contribution < 1.29 is 9.47 Å². The van der Waals surface area contributed by atoms with Gasteiger partial charge in [0.15, 0.2) is 11.5 Å². The standard InChI is InChI=1S/C15H17N3O2/c1-16-15(12-8-17-10-18-9-12)11-3-4-13-14(7-11)20-6-2-5-19-13/h3-4,7-10,15-16H,2,5-6H2,1H3. The molecule has 2 aromatic rings. The van der Waals surface area contributed by atoms with Crippen molar-refractivity contribution in [1.82, 2.24) is 15.3 Å². The summed E-state index contributed by atoms with van der Waals surface area (Å²) < 4.78 is 11.4. The van der Waals surface area contributed by atoms with Crippen molar-refractivity contribution in [2.45, 2.75) is 12.5 Å². The minimum atomic E-state index is 0.0355. The Labute approximate surface area is 118 Å². The zero-order valence-corrected chi connectivity index (χ0v) is 11.4. The molecule has 5 heteroatoms. The summed E-state index contributed by atoms with van der Waals surface area (Å²) in [5.74, 6) is 1.61. The summed E-state index contributed by atoms with van der Waals surface area (Å²) in [4.78, 5) is 8.15. The van der Waals surface area contributed by atoms with Crippen molar-refractivity contribution in [3.8, 4) is 11.5 Å². The van der Waals surface area contributed by atoms with Crippen LogP contribution in [0.1, 0.15) is 23.6 Å². The minimum Gasteiger partial charge on any atom is -0.490 e. The van der Waals surface area contributed by atoms with E-state index < -0.39 is 0 Å². The lowest BCUT2D eigenvalue weighted by Crippen LogP contribution is -2.18. The van der Waals surface area contributed by atoms with E-state index in [0.29, 0.717) is 13.2 Å². The first kappa shape index (κ1) is 12.9. The van der Waals surface area contributed by atoms with Gasteiger partial charge in [0.05, 0.1) is 19.3 Å². The third-order valence-electron chi connectivity index (χ3n) is 3.31. The van der Waals surface area contributed by atoms with Crippen LogP contribution in [0.25, 0.3) is 0 Å². The molecule has 1 aromatic heterocycles. The van der Waals surface area contributed by atoms with E-state index in [-0.39, 0.29) is 6.04 Å². The Hall–Kier alpha value is -2.14. The Morgan fingerprint density at radius 3 is 2.55 bits per heavy atom. The topological polar surface area (TPSA) is 56.3 Å². The van der Waals surface area contributed by atoms with Crippen LogP contribution >= 0.6 is 0 Å². The summed E-state index contributed by atoms with van der Waals surface area (Å²) in [7, 11) is 1.92. The summed E-state index contributed by atoms with van der Waals surface area (Å²) in [6.45, 7) is 1.39. The maximum Gasteiger partial charge on any atom is 0.161 e. The van der Waals surface area contributed by atoms with Gasteiger partial charge in [-0.2, -0.15) is 0 Å². The lowest BCUT2D eigenvalue weighted by Gasteiger charge is -2.18. The maximum absolute atomic E-state index is 5.74. The molecular weight excluding hydrogens is 254 g/mol. The molecule has 3 rings (SSSR count). The molecule has 0 aliphatic carbocycles. The van der Waals surface area contributed by atoms with Gasteiger partial charge in [0.2, 0.25) is 0 Å². The summed E-state index contributed by atoms with van der Waals surface area (Å²) in [6, 6.07) is 6.06. The first-order valence-electron chi connectivity index (χ1n) is 6.70. The smallest absolute Gasteiger partial charge is 0.161 e. The molecule has 0 amide bonds. The van der Waals surface area contributed by atoms with Crippen LogP contribution in [0.15, 0.2) is 36.9 Å². The maximum atomic E-state index is 5.74. The highest BCUT2D eigenvalue weighted by Crippen LogP contribution is 2.33. The molecule has 1 aliphatic heterocycles. The Kier molecular flexibility index (Phi) is 3.78. The molecule has 5 nitrogen and oxygen atoms in total. The number of hydrogen-bond acceptors (Lipinski definition) is 5. The largest absolute Gasteiger partial charge is 0.490 e. The molecule has 1 N–H and O–H groups in total. The van der Waals surface area contributed by atoms with Crippen molar-refractivity contribution in [3.63, 3.8) is 0 Å². The normalized spacial score (nSPS) is 15.4. The molecule has 0 saturated heterocycles. The molecule has 1 aliphatic rings. The van der Waals surface area contributed by atoms with Gasteiger partial charge >= 0.3 is 0 Å². The van der Waals surface area contributed by atoms with Gasteiger partial charge in [0.1, 0.15) is 6.33 Å². The van der Waals surface area contributed by atoms with Crippen LogP contribution < -0.4 is 14.8 Å². The molecular formula is C15H17N3O2. The number of nitrogens with zero attached hydrogens (tertiary/aromatic N) is 2. The number of hydrogen-bond donors (Lipinski definition) is 1. The monoisotopic (exact) mass is 271 g/mol. The fourth-order valence-corrected chi connectivity index (χ4v) is 2.34. The molecule has 0 saturated carbocycles. The lowest BCUT2D eigenvalue weighted by molar-refractivity contribution is 0.297. The molecule has 0 fully saturated rings. The molecule has 20 heavy (non-hydrogen) atoms. The van der Waals surface area contributed by atoms with Gasteiger partial charge in [0.25, 0.3) is 0 Å². The molecule has 2 heterocycles. The highest BCUT2D eigenvalue weighted by Gasteiger charge is 2.17. The van der Waals surface area contributed by atoms with Crippen molar-refractivity contribution in [2.75, 3.05) is 20.3 Å². The van der Waals surface area contributed by atoms with E-state index in [9.17, 15) is 0 Å². The molecule has 104 valence electrons. The van der Waals surface area contributed by atoms with Gasteiger partial charge in [-0.1, -0.05) is 6.07 Å². The summed E-state index contributed by atoms with van der Waals surface area (Å²) >= 11 is 0. The number of fused-ring (bicyclic) bond motifs is 1. The van der Waals surface area contributed by atoms with Crippen LogP contribution in [0.3, 0.4) is 0 Å². The fourth-order valence-electron chi connectivity index (χ4n) is 2.34. The summed E-state index contributed by atoms with van der Waals surface area (Å²) in [6.07, 6.45) is 6.07. The van der Waals surface area contributed by atoms with Crippen LogP contribution in [-0.4, -0.2) is 30.2 Å². The first-order valence-corrected chi connectivity index (χ1v) is 6.70. The number of ether oxygens (including phenoxy) is 2. The van der Waals surface area contributed by atoms with Crippen molar-refractivity contribution in [3.05, 3.63) is 48.0 Å². The number of rotatable bonds is 3. The Balaban J connectivity index is 1.94. The molecule has 1 aromatic carbocycles. The van der Waals surface area contributed by atoms with Crippen LogP contribution in [0.2, 0.25) is 0 Å². The second-order valence-corrected chi connectivity index (χ2v) is 4.65. The van der Waals surface area contributed by atoms with Gasteiger partial charge in [-0.3, -0.25) is 0 Å². The van der Waals surface area contributed by atoms with E-state index in [4.69, 9.17) is 9.47 Å². The SMILES string of the molecule is CNC(c1cncnc1)c1ccc2c(c1)OCCCO2. The van der Waals surface area contributed by atoms with E-state index in [1.807, 2.05) is 37.6 Å². The summed E-state index contributed by atoms with van der Waals surface area (Å²) in [5, 5.41) is 3.28. The van der Waals surface area contributed by atoms with E-state index in [2.05, 4.69) is 15.3 Å². The third kappa shape index (κ3) is 2.58. The van der Waals surface area contributed by atoms with E-state index in [1.165, 1.54) is 6.33 Å². The molecule has 1 atom stereocenters. The van der Waals surface area contributed by atoms with Crippen molar-refractivity contribution in [1.29, 1.82) is 0 Å². The van der Waals surface area contributed by atoms with Crippen molar-refractivity contribution in [2.24, 2.45) is 0 Å². The predicted molar refractivity (Wildman–Crippen MR) is 75.0 cm³/mol. The van der Waals surface area contributed by atoms with Crippen LogP contribution in [0.4, 0.5) is 0 Å². The Morgan fingerprint density at radius 2 is 1.80 bits per heavy atom. The number of nitrogens with one attached hydrogen (secondary N) is 1. The molecule has 0 bridgehead atoms. The summed E-state index contributed by atoms with van der Waals surface area (Å²) in [5.41, 5.74) is 2.12. The first-order chi connectivity index (χ1) is 9.88. The van der Waals surface area contributed by atoms with E-state index in [1.54, 1.807) is 0 Å². The lowest BCUT2D eigenvalue weighted by atomic mass is 10.0. The number of aromatic nitrogens is 2. The second kappa shape index (κ2) is 5.88.